The third-order valence-corrected chi connectivity index (χ3v) is 5.11. The van der Waals surface area contributed by atoms with Crippen LogP contribution in [-0.4, -0.2) is 47.2 Å². The van der Waals surface area contributed by atoms with Crippen molar-refractivity contribution in [1.82, 2.24) is 15.1 Å². The van der Waals surface area contributed by atoms with Crippen LogP contribution >= 0.6 is 0 Å². The number of nitrogens with zero attached hydrogens (tertiary/aromatic N) is 4. The Morgan fingerprint density at radius 2 is 2.10 bits per heavy atom. The summed E-state index contributed by atoms with van der Waals surface area (Å²) in [6.07, 6.45) is 3.03. The number of hydrogen-bond acceptors (Lipinski definition) is 8. The number of para-hydroxylation sites is 1. The van der Waals surface area contributed by atoms with Gasteiger partial charge in [-0.1, -0.05) is 17.3 Å². The molecule has 1 atom stereocenters. The first-order valence-electron chi connectivity index (χ1n) is 9.38. The maximum absolute atomic E-state index is 12.9. The first-order valence-corrected chi connectivity index (χ1v) is 9.38. The van der Waals surface area contributed by atoms with Gasteiger partial charge in [-0.15, -0.1) is 0 Å². The van der Waals surface area contributed by atoms with Gasteiger partial charge in [0.2, 0.25) is 5.91 Å². The Bertz CT molecular complexity index is 1060. The molecule has 0 bridgehead atoms. The Morgan fingerprint density at radius 1 is 1.28 bits per heavy atom. The van der Waals surface area contributed by atoms with Gasteiger partial charge in [-0.2, -0.15) is 4.98 Å². The second-order valence-electron chi connectivity index (χ2n) is 6.96. The first-order chi connectivity index (χ1) is 14.1. The summed E-state index contributed by atoms with van der Waals surface area (Å²) < 4.78 is 10.0. The van der Waals surface area contributed by atoms with Crippen molar-refractivity contribution in [2.45, 2.75) is 19.8 Å². The van der Waals surface area contributed by atoms with Gasteiger partial charge < -0.3 is 19.5 Å². The number of ether oxygens (including phenoxy) is 1. The van der Waals surface area contributed by atoms with E-state index in [0.717, 1.165) is 30.6 Å². The number of fused-ring (bicyclic) bond motifs is 1. The Kier molecular flexibility index (Phi) is 5.11. The average molecular weight is 395 g/mol. The molecule has 1 aliphatic rings. The molecule has 1 amide bonds. The monoisotopic (exact) mass is 395 g/mol. The summed E-state index contributed by atoms with van der Waals surface area (Å²) in [6, 6.07) is 6.81. The number of esters is 1. The molecule has 0 radical (unpaired) electrons. The second kappa shape index (κ2) is 7.86. The number of aromatic nitrogens is 3. The number of aryl methyl sites for hydroxylation is 1. The topological polar surface area (TPSA) is 110 Å². The average Bonchev–Trinajstić information content (AvgIpc) is 3.15. The van der Waals surface area contributed by atoms with Gasteiger partial charge in [-0.3, -0.25) is 4.79 Å². The van der Waals surface area contributed by atoms with Gasteiger partial charge in [-0.25, -0.2) is 9.78 Å². The minimum atomic E-state index is -0.488. The largest absolute Gasteiger partial charge is 0.465 e. The molecule has 2 aromatic heterocycles. The fraction of sp³-hybridized carbons (Fsp3) is 0.350. The van der Waals surface area contributed by atoms with Crippen LogP contribution in [0.1, 0.15) is 28.9 Å². The molecule has 9 nitrogen and oxygen atoms in total. The highest BCUT2D eigenvalue weighted by atomic mass is 16.5. The normalized spacial score (nSPS) is 16.6. The fourth-order valence-electron chi connectivity index (χ4n) is 3.64. The lowest BCUT2D eigenvalue weighted by molar-refractivity contribution is -0.120. The van der Waals surface area contributed by atoms with Crippen LogP contribution in [0.3, 0.4) is 0 Å². The van der Waals surface area contributed by atoms with Crippen LogP contribution in [-0.2, 0) is 9.53 Å². The van der Waals surface area contributed by atoms with E-state index in [1.54, 1.807) is 24.3 Å². The number of nitrogens with one attached hydrogen (secondary N) is 1. The molecule has 1 aliphatic heterocycles. The van der Waals surface area contributed by atoms with Crippen LogP contribution in [0.15, 0.2) is 35.1 Å². The van der Waals surface area contributed by atoms with Gasteiger partial charge in [0.05, 0.1) is 30.0 Å². The summed E-state index contributed by atoms with van der Waals surface area (Å²) >= 11 is 0. The molecule has 3 aromatic rings. The molecular formula is C20H21N5O4. The second-order valence-corrected chi connectivity index (χ2v) is 6.96. The van der Waals surface area contributed by atoms with E-state index >= 15 is 0 Å². The highest BCUT2D eigenvalue weighted by Gasteiger charge is 2.29. The van der Waals surface area contributed by atoms with Gasteiger partial charge in [0.1, 0.15) is 17.5 Å². The molecular weight excluding hydrogens is 374 g/mol. The lowest BCUT2D eigenvalue weighted by atomic mass is 9.96. The van der Waals surface area contributed by atoms with Crippen molar-refractivity contribution in [3.05, 3.63) is 41.9 Å². The Morgan fingerprint density at radius 3 is 2.93 bits per heavy atom. The molecule has 1 fully saturated rings. The Labute approximate surface area is 167 Å². The maximum Gasteiger partial charge on any atom is 0.339 e. The Hall–Kier alpha value is -3.49. The van der Waals surface area contributed by atoms with Gasteiger partial charge >= 0.3 is 5.97 Å². The summed E-state index contributed by atoms with van der Waals surface area (Å²) in [4.78, 5) is 35.5. The molecule has 1 aromatic carbocycles. The number of amides is 1. The molecule has 0 spiro atoms. The molecule has 1 saturated heterocycles. The maximum atomic E-state index is 12.9. The molecule has 0 aliphatic carbocycles. The first kappa shape index (κ1) is 18.9. The summed E-state index contributed by atoms with van der Waals surface area (Å²) in [5.41, 5.74) is 1.93. The highest BCUT2D eigenvalue weighted by Crippen LogP contribution is 2.30. The predicted octanol–water partition coefficient (Wildman–Crippen LogP) is 2.57. The Balaban J connectivity index is 1.54. The summed E-state index contributed by atoms with van der Waals surface area (Å²) in [7, 11) is 1.31. The van der Waals surface area contributed by atoms with Crippen molar-refractivity contribution in [2.75, 3.05) is 30.4 Å². The number of carbonyl (C=O) groups is 2. The standard InChI is InChI=1S/C20H21N5O4/c1-12-16-17(21-11-22-19(16)29-24-12)25-9-5-6-13(10-25)18(26)23-15-8-4-3-7-14(15)20(27)28-2/h3-4,7-8,11,13H,5-6,9-10H2,1-2H3,(H,23,26)/t13-/m0/s1. The van der Waals surface area contributed by atoms with Crippen LogP contribution in [0, 0.1) is 12.8 Å². The van der Waals surface area contributed by atoms with E-state index < -0.39 is 5.97 Å². The number of piperidine rings is 1. The van der Waals surface area contributed by atoms with E-state index in [1.807, 2.05) is 6.92 Å². The van der Waals surface area contributed by atoms with Crippen LogP contribution < -0.4 is 10.2 Å². The summed E-state index contributed by atoms with van der Waals surface area (Å²) in [5, 5.41) is 7.62. The minimum Gasteiger partial charge on any atom is -0.465 e. The van der Waals surface area contributed by atoms with Crippen molar-refractivity contribution in [3.8, 4) is 0 Å². The van der Waals surface area contributed by atoms with Crippen LogP contribution in [0.4, 0.5) is 11.5 Å². The number of methoxy groups -OCH3 is 1. The molecule has 9 heteroatoms. The molecule has 4 rings (SSSR count). The van der Waals surface area contributed by atoms with Crippen LogP contribution in [0.2, 0.25) is 0 Å². The molecule has 1 N–H and O–H groups in total. The summed E-state index contributed by atoms with van der Waals surface area (Å²) in [5.74, 6) is -0.156. The van der Waals surface area contributed by atoms with E-state index in [2.05, 4.69) is 25.3 Å². The number of carbonyl (C=O) groups excluding carboxylic acids is 2. The van der Waals surface area contributed by atoms with Gasteiger partial charge in [0.15, 0.2) is 0 Å². The van der Waals surface area contributed by atoms with Crippen LogP contribution in [0.5, 0.6) is 0 Å². The molecule has 29 heavy (non-hydrogen) atoms. The molecule has 0 unspecified atom stereocenters. The van der Waals surface area contributed by atoms with E-state index in [-0.39, 0.29) is 11.8 Å². The van der Waals surface area contributed by atoms with E-state index in [1.165, 1.54) is 13.4 Å². The van der Waals surface area contributed by atoms with Crippen molar-refractivity contribution in [2.24, 2.45) is 5.92 Å². The van der Waals surface area contributed by atoms with E-state index in [0.29, 0.717) is 29.2 Å². The van der Waals surface area contributed by atoms with Crippen LogP contribution in [0.25, 0.3) is 11.1 Å². The quantitative estimate of drug-likeness (QED) is 0.671. The zero-order valence-electron chi connectivity index (χ0n) is 16.2. The van der Waals surface area contributed by atoms with Gasteiger partial charge in [-0.05, 0) is 31.9 Å². The zero-order valence-corrected chi connectivity index (χ0v) is 16.2. The van der Waals surface area contributed by atoms with Gasteiger partial charge in [0.25, 0.3) is 5.71 Å². The minimum absolute atomic E-state index is 0.140. The molecule has 150 valence electrons. The smallest absolute Gasteiger partial charge is 0.339 e. The third-order valence-electron chi connectivity index (χ3n) is 5.11. The number of anilines is 2. The lowest BCUT2D eigenvalue weighted by Gasteiger charge is -2.33. The number of benzene rings is 1. The van der Waals surface area contributed by atoms with Crippen molar-refractivity contribution in [3.63, 3.8) is 0 Å². The van der Waals surface area contributed by atoms with Crippen molar-refractivity contribution in [1.29, 1.82) is 0 Å². The summed E-state index contributed by atoms with van der Waals surface area (Å²) in [6.45, 7) is 3.12. The SMILES string of the molecule is COC(=O)c1ccccc1NC(=O)[C@H]1CCCN(c2ncnc3onc(C)c23)C1. The fourth-order valence-corrected chi connectivity index (χ4v) is 3.64. The van der Waals surface area contributed by atoms with Gasteiger partial charge in [0, 0.05) is 13.1 Å². The predicted molar refractivity (Wildman–Crippen MR) is 106 cm³/mol. The van der Waals surface area contributed by atoms with E-state index in [4.69, 9.17) is 9.26 Å². The lowest BCUT2D eigenvalue weighted by Crippen LogP contribution is -2.41. The number of hydrogen-bond donors (Lipinski definition) is 1. The molecule has 0 saturated carbocycles. The zero-order chi connectivity index (χ0) is 20.4. The van der Waals surface area contributed by atoms with Crippen molar-refractivity contribution < 1.29 is 18.8 Å². The highest BCUT2D eigenvalue weighted by molar-refractivity contribution is 6.02. The number of rotatable bonds is 4. The van der Waals surface area contributed by atoms with Crippen molar-refractivity contribution >= 4 is 34.5 Å². The molecule has 3 heterocycles. The van der Waals surface area contributed by atoms with E-state index in [9.17, 15) is 9.59 Å². The third kappa shape index (κ3) is 3.63.